The maximum absolute atomic E-state index is 14.3. The van der Waals surface area contributed by atoms with E-state index in [1.54, 1.807) is 12.1 Å². The molecule has 120 valence electrons. The van der Waals surface area contributed by atoms with Gasteiger partial charge in [0.05, 0.1) is 16.2 Å². The zero-order valence-corrected chi connectivity index (χ0v) is 13.8. The van der Waals surface area contributed by atoms with Gasteiger partial charge in [0.1, 0.15) is 5.82 Å². The molecule has 2 aromatic rings. The number of benzene rings is 2. The summed E-state index contributed by atoms with van der Waals surface area (Å²) in [6.45, 7) is 0.767. The van der Waals surface area contributed by atoms with Crippen molar-refractivity contribution in [3.05, 3.63) is 52.0 Å². The van der Waals surface area contributed by atoms with E-state index in [9.17, 15) is 8.78 Å². The lowest BCUT2D eigenvalue weighted by atomic mass is 9.90. The lowest BCUT2D eigenvalue weighted by molar-refractivity contribution is 0.402. The van der Waals surface area contributed by atoms with Crippen molar-refractivity contribution < 1.29 is 13.5 Å². The lowest BCUT2D eigenvalue weighted by Crippen LogP contribution is -2.45. The summed E-state index contributed by atoms with van der Waals surface area (Å²) in [6.07, 6.45) is 1.78. The Kier molecular flexibility index (Phi) is 3.54. The van der Waals surface area contributed by atoms with Crippen LogP contribution in [0, 0.1) is 11.6 Å². The van der Waals surface area contributed by atoms with Crippen LogP contribution < -0.4 is 15.4 Å². The first-order valence-electron chi connectivity index (χ1n) is 7.54. The number of hydrogen-bond donors (Lipinski definition) is 1. The number of hydrogen-bond acceptors (Lipinski definition) is 3. The first-order chi connectivity index (χ1) is 11.1. The second-order valence-electron chi connectivity index (χ2n) is 5.94. The highest BCUT2D eigenvalue weighted by Crippen LogP contribution is 2.49. The topological polar surface area (TPSA) is 38.5 Å². The normalized spacial score (nSPS) is 22.5. The van der Waals surface area contributed by atoms with Crippen LogP contribution in [-0.2, 0) is 0 Å². The molecule has 0 saturated carbocycles. The van der Waals surface area contributed by atoms with E-state index in [1.165, 1.54) is 12.1 Å². The standard InChI is InChI=1S/C17H15BrF2N2O/c18-10-7-14-15(8-12(10)20)23-17-9(3-1-4-11(17)19)16-13(21)5-2-6-22(14)16/h1,3-4,7-8,13,16H,2,5-6,21H2/t13-,16+/m1/s1. The summed E-state index contributed by atoms with van der Waals surface area (Å²) in [5, 5.41) is 0. The zero-order chi connectivity index (χ0) is 16.1. The van der Waals surface area contributed by atoms with Crippen molar-refractivity contribution in [2.24, 2.45) is 5.73 Å². The Morgan fingerprint density at radius 2 is 2.04 bits per heavy atom. The third-order valence-corrected chi connectivity index (χ3v) is 5.12. The molecule has 1 fully saturated rings. The van der Waals surface area contributed by atoms with Gasteiger partial charge in [-0.2, -0.15) is 0 Å². The summed E-state index contributed by atoms with van der Waals surface area (Å²) in [6, 6.07) is 7.48. The summed E-state index contributed by atoms with van der Waals surface area (Å²) >= 11 is 3.22. The third-order valence-electron chi connectivity index (χ3n) is 4.52. The van der Waals surface area contributed by atoms with E-state index in [4.69, 9.17) is 10.5 Å². The minimum Gasteiger partial charge on any atom is -0.452 e. The molecule has 0 spiro atoms. The minimum atomic E-state index is -0.462. The molecular formula is C17H15BrF2N2O. The van der Waals surface area contributed by atoms with Gasteiger partial charge in [-0.25, -0.2) is 8.78 Å². The van der Waals surface area contributed by atoms with Crippen LogP contribution in [0.4, 0.5) is 14.5 Å². The first-order valence-corrected chi connectivity index (χ1v) is 8.33. The molecule has 23 heavy (non-hydrogen) atoms. The van der Waals surface area contributed by atoms with E-state index in [2.05, 4.69) is 20.8 Å². The number of anilines is 1. The Bertz CT molecular complexity index is 783. The fourth-order valence-corrected chi connectivity index (χ4v) is 3.83. The van der Waals surface area contributed by atoms with Gasteiger partial charge in [-0.15, -0.1) is 0 Å². The summed E-state index contributed by atoms with van der Waals surface area (Å²) in [5.41, 5.74) is 7.79. The number of fused-ring (bicyclic) bond motifs is 5. The predicted molar refractivity (Wildman–Crippen MR) is 87.9 cm³/mol. The molecule has 3 nitrogen and oxygen atoms in total. The van der Waals surface area contributed by atoms with Crippen molar-refractivity contribution in [3.63, 3.8) is 0 Å². The third kappa shape index (κ3) is 2.32. The van der Waals surface area contributed by atoms with Crippen LogP contribution in [0.15, 0.2) is 34.8 Å². The number of rotatable bonds is 0. The number of piperidine rings is 1. The monoisotopic (exact) mass is 380 g/mol. The fraction of sp³-hybridized carbons (Fsp3) is 0.294. The molecule has 2 heterocycles. The van der Waals surface area contributed by atoms with Crippen molar-refractivity contribution in [1.82, 2.24) is 0 Å². The van der Waals surface area contributed by atoms with E-state index < -0.39 is 11.6 Å². The van der Waals surface area contributed by atoms with Crippen LogP contribution in [0.1, 0.15) is 24.4 Å². The molecule has 1 saturated heterocycles. The van der Waals surface area contributed by atoms with Gasteiger partial charge in [0.15, 0.2) is 17.3 Å². The van der Waals surface area contributed by atoms with Gasteiger partial charge in [0.25, 0.3) is 0 Å². The van der Waals surface area contributed by atoms with Crippen LogP contribution in [0.5, 0.6) is 11.5 Å². The summed E-state index contributed by atoms with van der Waals surface area (Å²) in [5.74, 6) is -0.452. The Labute approximate surface area is 141 Å². The second kappa shape index (κ2) is 5.46. The second-order valence-corrected chi connectivity index (χ2v) is 6.79. The smallest absolute Gasteiger partial charge is 0.168 e. The molecule has 2 aromatic carbocycles. The Morgan fingerprint density at radius 3 is 2.87 bits per heavy atom. The largest absolute Gasteiger partial charge is 0.452 e. The molecule has 2 N–H and O–H groups in total. The SMILES string of the molecule is N[C@@H]1CCCN2c3cc(Br)c(F)cc3Oc3c(F)cccc3[C@@H]12. The molecule has 6 heteroatoms. The van der Waals surface area contributed by atoms with Crippen molar-refractivity contribution in [2.45, 2.75) is 24.9 Å². The highest BCUT2D eigenvalue weighted by molar-refractivity contribution is 9.10. The molecule has 0 amide bonds. The Morgan fingerprint density at radius 1 is 1.22 bits per heavy atom. The van der Waals surface area contributed by atoms with Crippen LogP contribution in [-0.4, -0.2) is 12.6 Å². The van der Waals surface area contributed by atoms with Crippen molar-refractivity contribution >= 4 is 21.6 Å². The molecule has 2 aliphatic heterocycles. The number of nitrogens with two attached hydrogens (primary N) is 1. The van der Waals surface area contributed by atoms with Crippen LogP contribution in [0.3, 0.4) is 0 Å². The molecule has 2 atom stereocenters. The predicted octanol–water partition coefficient (Wildman–Crippen LogP) is 4.50. The summed E-state index contributed by atoms with van der Waals surface area (Å²) in [7, 11) is 0. The van der Waals surface area contributed by atoms with Gasteiger partial charge in [-0.1, -0.05) is 12.1 Å². The van der Waals surface area contributed by atoms with Gasteiger partial charge in [0.2, 0.25) is 0 Å². The average molecular weight is 381 g/mol. The maximum atomic E-state index is 14.3. The van der Waals surface area contributed by atoms with Gasteiger partial charge in [0, 0.05) is 24.2 Å². The highest BCUT2D eigenvalue weighted by atomic mass is 79.9. The van der Waals surface area contributed by atoms with E-state index in [0.717, 1.165) is 25.1 Å². The molecule has 0 aliphatic carbocycles. The molecule has 0 radical (unpaired) electrons. The Hall–Kier alpha value is -1.66. The molecule has 2 aliphatic rings. The van der Waals surface area contributed by atoms with Gasteiger partial charge in [-0.3, -0.25) is 0 Å². The van der Waals surface area contributed by atoms with Crippen LogP contribution in [0.2, 0.25) is 0 Å². The summed E-state index contributed by atoms with van der Waals surface area (Å²) < 4.78 is 34.4. The fourth-order valence-electron chi connectivity index (χ4n) is 3.49. The number of nitrogens with zero attached hydrogens (tertiary/aromatic N) is 1. The van der Waals surface area contributed by atoms with E-state index in [-0.39, 0.29) is 17.8 Å². The lowest BCUT2D eigenvalue weighted by Gasteiger charge is -2.40. The van der Waals surface area contributed by atoms with Crippen LogP contribution in [0.25, 0.3) is 0 Å². The maximum Gasteiger partial charge on any atom is 0.168 e. The molecule has 0 bridgehead atoms. The Balaban J connectivity index is 1.98. The van der Waals surface area contributed by atoms with E-state index in [1.807, 2.05) is 6.07 Å². The molecule has 0 aromatic heterocycles. The van der Waals surface area contributed by atoms with Crippen molar-refractivity contribution in [3.8, 4) is 11.5 Å². The van der Waals surface area contributed by atoms with Crippen molar-refractivity contribution in [2.75, 3.05) is 11.4 Å². The van der Waals surface area contributed by atoms with Crippen LogP contribution >= 0.6 is 15.9 Å². The zero-order valence-electron chi connectivity index (χ0n) is 12.2. The van der Waals surface area contributed by atoms with Gasteiger partial charge < -0.3 is 15.4 Å². The molecule has 0 unspecified atom stereocenters. The van der Waals surface area contributed by atoms with Gasteiger partial charge >= 0.3 is 0 Å². The molecule has 4 rings (SSSR count). The van der Waals surface area contributed by atoms with E-state index >= 15 is 0 Å². The first kappa shape index (κ1) is 14.9. The highest BCUT2D eigenvalue weighted by Gasteiger charge is 2.37. The summed E-state index contributed by atoms with van der Waals surface area (Å²) in [4.78, 5) is 2.10. The number of para-hydroxylation sites is 1. The quantitative estimate of drug-likeness (QED) is 0.730. The number of halogens is 3. The van der Waals surface area contributed by atoms with Crippen molar-refractivity contribution in [1.29, 1.82) is 0 Å². The molecular weight excluding hydrogens is 366 g/mol. The van der Waals surface area contributed by atoms with E-state index in [0.29, 0.717) is 15.8 Å². The number of ether oxygens (including phenoxy) is 1. The minimum absolute atomic E-state index is 0.136. The van der Waals surface area contributed by atoms with Gasteiger partial charge in [-0.05, 0) is 40.9 Å². The average Bonchev–Trinajstić information content (AvgIpc) is 2.65.